The molecule has 0 saturated heterocycles. The van der Waals surface area contributed by atoms with Gasteiger partial charge in [-0.3, -0.25) is 0 Å². The maximum absolute atomic E-state index is 3.79. The maximum Gasteiger partial charge on any atom is 0.000494 e. The largest absolute Gasteiger partial charge is 0.102 e. The third-order valence-electron chi connectivity index (χ3n) is 2.08. The van der Waals surface area contributed by atoms with Crippen molar-refractivity contribution in [3.8, 4) is 0 Å². The van der Waals surface area contributed by atoms with Crippen LogP contribution in [0.2, 0.25) is 0 Å². The first-order valence-electron chi connectivity index (χ1n) is 4.36. The van der Waals surface area contributed by atoms with Gasteiger partial charge in [0.05, 0.1) is 0 Å². The van der Waals surface area contributed by atoms with Gasteiger partial charge < -0.3 is 0 Å². The van der Waals surface area contributed by atoms with Crippen molar-refractivity contribution >= 4 is 0 Å². The third kappa shape index (κ3) is 4.17. The zero-order chi connectivity index (χ0) is 9.78. The fourth-order valence-electron chi connectivity index (χ4n) is 0.574. The van der Waals surface area contributed by atoms with Crippen molar-refractivity contribution in [3.63, 3.8) is 0 Å². The molecule has 0 aromatic carbocycles. The van der Waals surface area contributed by atoms with E-state index in [1.807, 2.05) is 6.08 Å². The van der Waals surface area contributed by atoms with E-state index in [9.17, 15) is 0 Å². The zero-order valence-corrected chi connectivity index (χ0v) is 8.94. The molecule has 0 spiro atoms. The molecule has 0 rings (SSSR count). The summed E-state index contributed by atoms with van der Waals surface area (Å²) in [5, 5.41) is 0. The van der Waals surface area contributed by atoms with Crippen LogP contribution in [0.15, 0.2) is 36.0 Å². The van der Waals surface area contributed by atoms with E-state index < -0.39 is 0 Å². The van der Waals surface area contributed by atoms with Crippen LogP contribution in [0.3, 0.4) is 0 Å². The van der Waals surface area contributed by atoms with E-state index in [0.717, 1.165) is 0 Å². The highest BCUT2D eigenvalue weighted by Crippen LogP contribution is 2.19. The Morgan fingerprint density at radius 1 is 1.17 bits per heavy atom. The van der Waals surface area contributed by atoms with Crippen LogP contribution >= 0.6 is 0 Å². The van der Waals surface area contributed by atoms with Crippen LogP contribution < -0.4 is 0 Å². The van der Waals surface area contributed by atoms with Crippen LogP contribution in [0.4, 0.5) is 0 Å². The summed E-state index contributed by atoms with van der Waals surface area (Å²) >= 11 is 0. The van der Waals surface area contributed by atoms with Crippen LogP contribution in [0.5, 0.6) is 0 Å². The smallest absolute Gasteiger partial charge is 0.000494 e. The lowest BCUT2D eigenvalue weighted by atomic mass is 9.92. The summed E-state index contributed by atoms with van der Waals surface area (Å²) in [4.78, 5) is 0. The van der Waals surface area contributed by atoms with E-state index in [2.05, 4.69) is 53.3 Å². The summed E-state index contributed by atoms with van der Waals surface area (Å²) in [5.74, 6) is 0. The van der Waals surface area contributed by atoms with Crippen LogP contribution in [0.1, 0.15) is 34.6 Å². The normalized spacial score (nSPS) is 11.8. The summed E-state index contributed by atoms with van der Waals surface area (Å²) in [6, 6.07) is 0. The molecule has 68 valence electrons. The predicted octanol–water partition coefficient (Wildman–Crippen LogP) is 4.11. The Hall–Kier alpha value is -0.780. The van der Waals surface area contributed by atoms with Gasteiger partial charge in [-0.05, 0) is 20.8 Å². The van der Waals surface area contributed by atoms with E-state index in [4.69, 9.17) is 0 Å². The first kappa shape index (κ1) is 11.2. The van der Waals surface area contributed by atoms with Crippen LogP contribution in [0, 0.1) is 5.41 Å². The predicted molar refractivity (Wildman–Crippen MR) is 57.2 cm³/mol. The Morgan fingerprint density at radius 2 is 1.67 bits per heavy atom. The molecule has 0 saturated carbocycles. The van der Waals surface area contributed by atoms with E-state index >= 15 is 0 Å². The van der Waals surface area contributed by atoms with Gasteiger partial charge in [-0.1, -0.05) is 43.2 Å². The Morgan fingerprint density at radius 3 is 2.00 bits per heavy atom. The molecule has 0 atom stereocenters. The van der Waals surface area contributed by atoms with Crippen LogP contribution in [-0.4, -0.2) is 0 Å². The molecule has 0 fully saturated rings. The van der Waals surface area contributed by atoms with Gasteiger partial charge in [-0.15, -0.1) is 6.58 Å². The lowest BCUT2D eigenvalue weighted by Crippen LogP contribution is -2.00. The topological polar surface area (TPSA) is 0 Å². The first-order valence-corrected chi connectivity index (χ1v) is 4.36. The van der Waals surface area contributed by atoms with Crippen molar-refractivity contribution < 1.29 is 0 Å². The minimum absolute atomic E-state index is 0.108. The fourth-order valence-corrected chi connectivity index (χ4v) is 0.574. The quantitative estimate of drug-likeness (QED) is 0.435. The molecule has 0 aromatic heterocycles. The standard InChI is InChI=1S/C12H20/c1-7-12(5,6)9-8-11(4)10(2)3/h7-9H,1H2,2-6H3/b9-8-. The molecule has 0 aliphatic rings. The van der Waals surface area contributed by atoms with Crippen molar-refractivity contribution in [1.29, 1.82) is 0 Å². The molecule has 0 N–H and O–H groups in total. The van der Waals surface area contributed by atoms with Crippen molar-refractivity contribution in [2.24, 2.45) is 5.41 Å². The molecule has 0 unspecified atom stereocenters. The molecular weight excluding hydrogens is 144 g/mol. The SMILES string of the molecule is C=CC(C)(C)/C=C\C(C)=C(C)C. The van der Waals surface area contributed by atoms with Gasteiger partial charge in [0, 0.05) is 5.41 Å². The molecular formula is C12H20. The maximum atomic E-state index is 3.79. The van der Waals surface area contributed by atoms with Crippen molar-refractivity contribution in [2.75, 3.05) is 0 Å². The van der Waals surface area contributed by atoms with Gasteiger partial charge in [0.2, 0.25) is 0 Å². The zero-order valence-electron chi connectivity index (χ0n) is 8.94. The number of allylic oxidation sites excluding steroid dienone is 5. The first-order chi connectivity index (χ1) is 5.39. The Kier molecular flexibility index (Phi) is 4.02. The fraction of sp³-hybridized carbons (Fsp3) is 0.500. The minimum atomic E-state index is 0.108. The van der Waals surface area contributed by atoms with Gasteiger partial charge >= 0.3 is 0 Å². The van der Waals surface area contributed by atoms with Crippen LogP contribution in [-0.2, 0) is 0 Å². The molecule has 0 bridgehead atoms. The average molecular weight is 164 g/mol. The summed E-state index contributed by atoms with van der Waals surface area (Å²) in [6.45, 7) is 14.5. The molecule has 0 amide bonds. The second-order valence-electron chi connectivity index (χ2n) is 4.04. The molecule has 0 aromatic rings. The number of rotatable bonds is 3. The molecule has 12 heavy (non-hydrogen) atoms. The Balaban J connectivity index is 4.46. The summed E-state index contributed by atoms with van der Waals surface area (Å²) in [7, 11) is 0. The highest BCUT2D eigenvalue weighted by molar-refractivity contribution is 5.23. The van der Waals surface area contributed by atoms with Crippen LogP contribution in [0.25, 0.3) is 0 Å². The minimum Gasteiger partial charge on any atom is -0.102 e. The molecule has 0 heterocycles. The molecule has 0 nitrogen and oxygen atoms in total. The summed E-state index contributed by atoms with van der Waals surface area (Å²) < 4.78 is 0. The second kappa shape index (κ2) is 4.30. The van der Waals surface area contributed by atoms with E-state index in [0.29, 0.717) is 0 Å². The van der Waals surface area contributed by atoms with Crippen molar-refractivity contribution in [2.45, 2.75) is 34.6 Å². The summed E-state index contributed by atoms with van der Waals surface area (Å²) in [5.41, 5.74) is 2.81. The van der Waals surface area contributed by atoms with Gasteiger partial charge in [-0.2, -0.15) is 0 Å². The average Bonchev–Trinajstić information content (AvgIpc) is 2.00. The van der Waals surface area contributed by atoms with Crippen molar-refractivity contribution in [1.82, 2.24) is 0 Å². The summed E-state index contributed by atoms with van der Waals surface area (Å²) in [6.07, 6.45) is 6.31. The van der Waals surface area contributed by atoms with E-state index in [-0.39, 0.29) is 5.41 Å². The third-order valence-corrected chi connectivity index (χ3v) is 2.08. The molecule has 0 aliphatic carbocycles. The molecule has 0 aliphatic heterocycles. The highest BCUT2D eigenvalue weighted by Gasteiger charge is 2.06. The van der Waals surface area contributed by atoms with E-state index in [1.165, 1.54) is 11.1 Å². The van der Waals surface area contributed by atoms with Gasteiger partial charge in [0.25, 0.3) is 0 Å². The van der Waals surface area contributed by atoms with Gasteiger partial charge in [0.1, 0.15) is 0 Å². The van der Waals surface area contributed by atoms with E-state index in [1.54, 1.807) is 0 Å². The highest BCUT2D eigenvalue weighted by atomic mass is 14.1. The molecule has 0 radical (unpaired) electrons. The lowest BCUT2D eigenvalue weighted by molar-refractivity contribution is 0.627. The lowest BCUT2D eigenvalue weighted by Gasteiger charge is -2.13. The molecule has 0 heteroatoms. The monoisotopic (exact) mass is 164 g/mol. The Labute approximate surface area is 76.7 Å². The van der Waals surface area contributed by atoms with Gasteiger partial charge in [-0.25, -0.2) is 0 Å². The second-order valence-corrected chi connectivity index (χ2v) is 4.04. The van der Waals surface area contributed by atoms with Crippen molar-refractivity contribution in [3.05, 3.63) is 36.0 Å². The number of hydrogen-bond donors (Lipinski definition) is 0. The number of hydrogen-bond acceptors (Lipinski definition) is 0. The van der Waals surface area contributed by atoms with Gasteiger partial charge in [0.15, 0.2) is 0 Å². The Bertz CT molecular complexity index is 210.